The molecule has 4 nitrogen and oxygen atoms in total. The first kappa shape index (κ1) is 13.3. The zero-order chi connectivity index (χ0) is 12.8. The summed E-state index contributed by atoms with van der Waals surface area (Å²) in [6, 6.07) is 4.00. The molecule has 18 heavy (non-hydrogen) atoms. The third-order valence-electron chi connectivity index (χ3n) is 2.85. The molecular formula is C14H22N2O2. The molecule has 0 saturated carbocycles. The molecule has 1 unspecified atom stereocenters. The van der Waals surface area contributed by atoms with Crippen molar-refractivity contribution in [1.82, 2.24) is 10.3 Å². The first-order chi connectivity index (χ1) is 8.74. The average molecular weight is 250 g/mol. The number of hydrogen-bond donors (Lipinski definition) is 1. The predicted octanol–water partition coefficient (Wildman–Crippen LogP) is 1.99. The summed E-state index contributed by atoms with van der Waals surface area (Å²) < 4.78 is 11.0. The molecule has 2 heterocycles. The van der Waals surface area contributed by atoms with E-state index in [1.807, 2.05) is 12.1 Å². The van der Waals surface area contributed by atoms with Gasteiger partial charge < -0.3 is 14.8 Å². The zero-order valence-corrected chi connectivity index (χ0v) is 11.2. The fourth-order valence-corrected chi connectivity index (χ4v) is 1.87. The van der Waals surface area contributed by atoms with Crippen LogP contribution in [0.1, 0.15) is 26.0 Å². The maximum Gasteiger partial charge on any atom is 0.138 e. The van der Waals surface area contributed by atoms with Crippen LogP contribution in [-0.4, -0.2) is 30.8 Å². The van der Waals surface area contributed by atoms with Gasteiger partial charge in [-0.25, -0.2) is 0 Å². The highest BCUT2D eigenvalue weighted by atomic mass is 16.5. The van der Waals surface area contributed by atoms with Crippen molar-refractivity contribution in [3.8, 4) is 5.75 Å². The van der Waals surface area contributed by atoms with E-state index in [0.717, 1.165) is 37.6 Å². The van der Waals surface area contributed by atoms with Gasteiger partial charge in [0, 0.05) is 13.0 Å². The Morgan fingerprint density at radius 1 is 1.50 bits per heavy atom. The van der Waals surface area contributed by atoms with Crippen molar-refractivity contribution >= 4 is 0 Å². The van der Waals surface area contributed by atoms with E-state index in [4.69, 9.17) is 9.47 Å². The minimum atomic E-state index is 0.191. The van der Waals surface area contributed by atoms with Crippen LogP contribution in [0.5, 0.6) is 5.75 Å². The van der Waals surface area contributed by atoms with Crippen LogP contribution < -0.4 is 10.1 Å². The average Bonchev–Trinajstić information content (AvgIpc) is 2.84. The maximum absolute atomic E-state index is 5.77. The predicted molar refractivity (Wildman–Crippen MR) is 70.6 cm³/mol. The van der Waals surface area contributed by atoms with Crippen LogP contribution in [-0.2, 0) is 11.3 Å². The number of pyridine rings is 1. The summed E-state index contributed by atoms with van der Waals surface area (Å²) in [5, 5.41) is 3.37. The Morgan fingerprint density at radius 3 is 3.00 bits per heavy atom. The van der Waals surface area contributed by atoms with Crippen molar-refractivity contribution in [1.29, 1.82) is 0 Å². The van der Waals surface area contributed by atoms with Crippen molar-refractivity contribution in [3.63, 3.8) is 0 Å². The number of nitrogens with zero attached hydrogens (tertiary/aromatic N) is 1. The second-order valence-electron chi connectivity index (χ2n) is 5.11. The van der Waals surface area contributed by atoms with E-state index >= 15 is 0 Å². The molecule has 1 aromatic heterocycles. The SMILES string of the molecule is CC(C)CNCc1ccc(OC2CCOC2)cn1. The maximum atomic E-state index is 5.77. The topological polar surface area (TPSA) is 43.4 Å². The molecule has 1 atom stereocenters. The summed E-state index contributed by atoms with van der Waals surface area (Å²) in [6.45, 7) is 7.71. The lowest BCUT2D eigenvalue weighted by Gasteiger charge is -2.12. The van der Waals surface area contributed by atoms with Gasteiger partial charge in [-0.05, 0) is 24.6 Å². The van der Waals surface area contributed by atoms with E-state index < -0.39 is 0 Å². The van der Waals surface area contributed by atoms with Gasteiger partial charge in [0.05, 0.1) is 25.1 Å². The lowest BCUT2D eigenvalue weighted by Crippen LogP contribution is -2.19. The smallest absolute Gasteiger partial charge is 0.138 e. The molecule has 1 saturated heterocycles. The van der Waals surface area contributed by atoms with Gasteiger partial charge >= 0.3 is 0 Å². The van der Waals surface area contributed by atoms with Gasteiger partial charge in [0.1, 0.15) is 11.9 Å². The second kappa shape index (κ2) is 6.71. The molecule has 0 aliphatic carbocycles. The lowest BCUT2D eigenvalue weighted by atomic mass is 10.2. The first-order valence-electron chi connectivity index (χ1n) is 6.64. The highest BCUT2D eigenvalue weighted by Crippen LogP contribution is 2.15. The molecule has 0 spiro atoms. The molecule has 0 bridgehead atoms. The summed E-state index contributed by atoms with van der Waals surface area (Å²) in [6.07, 6.45) is 2.96. The van der Waals surface area contributed by atoms with Gasteiger partial charge in [0.15, 0.2) is 0 Å². The Bertz CT molecular complexity index is 345. The lowest BCUT2D eigenvalue weighted by molar-refractivity contribution is 0.141. The summed E-state index contributed by atoms with van der Waals surface area (Å²) in [4.78, 5) is 4.39. The number of hydrogen-bond acceptors (Lipinski definition) is 4. The molecule has 1 aliphatic heterocycles. The summed E-state index contributed by atoms with van der Waals surface area (Å²) in [5.41, 5.74) is 1.05. The fourth-order valence-electron chi connectivity index (χ4n) is 1.87. The zero-order valence-electron chi connectivity index (χ0n) is 11.2. The molecule has 1 fully saturated rings. The Kier molecular flexibility index (Phi) is 4.96. The molecule has 1 aliphatic rings. The normalized spacial score (nSPS) is 19.4. The summed E-state index contributed by atoms with van der Waals surface area (Å²) in [7, 11) is 0. The third kappa shape index (κ3) is 4.27. The fraction of sp³-hybridized carbons (Fsp3) is 0.643. The number of aromatic nitrogens is 1. The van der Waals surface area contributed by atoms with Crippen LogP contribution in [0.15, 0.2) is 18.3 Å². The van der Waals surface area contributed by atoms with Gasteiger partial charge in [-0.1, -0.05) is 13.8 Å². The highest BCUT2D eigenvalue weighted by molar-refractivity contribution is 5.20. The van der Waals surface area contributed by atoms with Gasteiger partial charge in [0.2, 0.25) is 0 Å². The van der Waals surface area contributed by atoms with Crippen molar-refractivity contribution in [2.45, 2.75) is 32.9 Å². The van der Waals surface area contributed by atoms with E-state index in [2.05, 4.69) is 24.1 Å². The van der Waals surface area contributed by atoms with E-state index in [-0.39, 0.29) is 6.10 Å². The number of rotatable bonds is 6. The molecule has 2 rings (SSSR count). The van der Waals surface area contributed by atoms with Crippen LogP contribution >= 0.6 is 0 Å². The van der Waals surface area contributed by atoms with E-state index in [1.54, 1.807) is 6.20 Å². The van der Waals surface area contributed by atoms with Crippen molar-refractivity contribution in [3.05, 3.63) is 24.0 Å². The molecule has 0 amide bonds. The standard InChI is InChI=1S/C14H22N2O2/c1-11(2)7-15-8-12-3-4-13(9-16-12)18-14-5-6-17-10-14/h3-4,9,11,14-15H,5-8,10H2,1-2H3. The van der Waals surface area contributed by atoms with Crippen LogP contribution in [0.25, 0.3) is 0 Å². The van der Waals surface area contributed by atoms with E-state index in [9.17, 15) is 0 Å². The van der Waals surface area contributed by atoms with Crippen LogP contribution in [0.2, 0.25) is 0 Å². The van der Waals surface area contributed by atoms with Gasteiger partial charge in [-0.15, -0.1) is 0 Å². The van der Waals surface area contributed by atoms with Gasteiger partial charge in [0.25, 0.3) is 0 Å². The van der Waals surface area contributed by atoms with Crippen molar-refractivity contribution in [2.75, 3.05) is 19.8 Å². The molecule has 4 heteroatoms. The largest absolute Gasteiger partial charge is 0.486 e. The highest BCUT2D eigenvalue weighted by Gasteiger charge is 2.17. The Labute approximate surface area is 109 Å². The van der Waals surface area contributed by atoms with Gasteiger partial charge in [-0.3, -0.25) is 4.98 Å². The van der Waals surface area contributed by atoms with E-state index in [0.29, 0.717) is 12.5 Å². The van der Waals surface area contributed by atoms with E-state index in [1.165, 1.54) is 0 Å². The number of ether oxygens (including phenoxy) is 2. The Hall–Kier alpha value is -1.13. The third-order valence-corrected chi connectivity index (χ3v) is 2.85. The van der Waals surface area contributed by atoms with Crippen molar-refractivity contribution < 1.29 is 9.47 Å². The molecule has 100 valence electrons. The molecule has 1 N–H and O–H groups in total. The molecule has 0 aromatic carbocycles. The van der Waals surface area contributed by atoms with Crippen LogP contribution in [0.3, 0.4) is 0 Å². The minimum Gasteiger partial charge on any atom is -0.486 e. The molecular weight excluding hydrogens is 228 g/mol. The van der Waals surface area contributed by atoms with Crippen LogP contribution in [0.4, 0.5) is 0 Å². The Balaban J connectivity index is 1.77. The Morgan fingerprint density at radius 2 is 2.39 bits per heavy atom. The van der Waals surface area contributed by atoms with Crippen LogP contribution in [0, 0.1) is 5.92 Å². The molecule has 0 radical (unpaired) electrons. The summed E-state index contributed by atoms with van der Waals surface area (Å²) >= 11 is 0. The van der Waals surface area contributed by atoms with Crippen molar-refractivity contribution in [2.24, 2.45) is 5.92 Å². The summed E-state index contributed by atoms with van der Waals surface area (Å²) in [5.74, 6) is 1.49. The first-order valence-corrected chi connectivity index (χ1v) is 6.64. The second-order valence-corrected chi connectivity index (χ2v) is 5.11. The van der Waals surface area contributed by atoms with Gasteiger partial charge in [-0.2, -0.15) is 0 Å². The minimum absolute atomic E-state index is 0.191. The molecule has 1 aromatic rings. The monoisotopic (exact) mass is 250 g/mol. The quantitative estimate of drug-likeness (QED) is 0.838. The number of nitrogens with one attached hydrogen (secondary N) is 1.